The number of ether oxygens (including phenoxy) is 2. The Kier molecular flexibility index (Phi) is 9.78. The van der Waals surface area contributed by atoms with Gasteiger partial charge in [0.15, 0.2) is 0 Å². The van der Waals surface area contributed by atoms with E-state index in [1.54, 1.807) is 30.3 Å². The fourth-order valence-electron chi connectivity index (χ4n) is 2.93. The Labute approximate surface area is 189 Å². The normalized spacial score (nSPS) is 12.2. The van der Waals surface area contributed by atoms with Gasteiger partial charge in [0.25, 0.3) is 5.69 Å². The van der Waals surface area contributed by atoms with E-state index in [2.05, 4.69) is 15.4 Å². The SMILES string of the molecule is COC(=O)[C@H](Cc1ccccc1[N+](=O)[O-])NC(=O)C[C@@H](O)CNC(=O)OCc1ccccc1. The van der Waals surface area contributed by atoms with Gasteiger partial charge in [-0.25, -0.2) is 9.59 Å². The third-order valence-electron chi connectivity index (χ3n) is 4.55. The summed E-state index contributed by atoms with van der Waals surface area (Å²) in [6.07, 6.45) is -2.61. The maximum atomic E-state index is 12.3. The molecule has 2 aromatic rings. The van der Waals surface area contributed by atoms with Crippen LogP contribution >= 0.6 is 0 Å². The summed E-state index contributed by atoms with van der Waals surface area (Å²) >= 11 is 0. The second-order valence-corrected chi connectivity index (χ2v) is 7.03. The van der Waals surface area contributed by atoms with Crippen LogP contribution in [-0.4, -0.2) is 53.8 Å². The maximum absolute atomic E-state index is 12.3. The molecule has 2 rings (SSSR count). The van der Waals surface area contributed by atoms with E-state index in [-0.39, 0.29) is 30.8 Å². The Morgan fingerprint density at radius 3 is 2.42 bits per heavy atom. The highest BCUT2D eigenvalue weighted by Crippen LogP contribution is 2.19. The number of methoxy groups -OCH3 is 1. The van der Waals surface area contributed by atoms with Gasteiger partial charge in [-0.1, -0.05) is 48.5 Å². The van der Waals surface area contributed by atoms with Gasteiger partial charge in [0.1, 0.15) is 12.6 Å². The number of rotatable bonds is 11. The first-order valence-electron chi connectivity index (χ1n) is 10.0. The van der Waals surface area contributed by atoms with Crippen molar-refractivity contribution in [2.24, 2.45) is 0 Å². The van der Waals surface area contributed by atoms with Crippen LogP contribution in [0.4, 0.5) is 10.5 Å². The molecule has 0 unspecified atom stereocenters. The number of aliphatic hydroxyl groups is 1. The highest BCUT2D eigenvalue weighted by atomic mass is 16.6. The van der Waals surface area contributed by atoms with Gasteiger partial charge in [0, 0.05) is 24.6 Å². The van der Waals surface area contributed by atoms with E-state index in [9.17, 15) is 29.6 Å². The molecule has 2 aromatic carbocycles. The monoisotopic (exact) mass is 459 g/mol. The predicted octanol–water partition coefficient (Wildman–Crippen LogP) is 1.47. The van der Waals surface area contributed by atoms with Crippen molar-refractivity contribution in [1.29, 1.82) is 0 Å². The molecule has 0 aliphatic rings. The van der Waals surface area contributed by atoms with Crippen molar-refractivity contribution in [3.05, 3.63) is 75.8 Å². The Morgan fingerprint density at radius 2 is 1.76 bits per heavy atom. The Balaban J connectivity index is 1.84. The minimum absolute atomic E-state index is 0.0513. The van der Waals surface area contributed by atoms with E-state index in [0.717, 1.165) is 12.7 Å². The number of nitro groups is 1. The highest BCUT2D eigenvalue weighted by molar-refractivity contribution is 5.85. The number of esters is 1. The molecule has 0 aromatic heterocycles. The van der Waals surface area contributed by atoms with Crippen molar-refractivity contribution in [2.45, 2.75) is 31.6 Å². The third kappa shape index (κ3) is 8.57. The standard InChI is InChI=1S/C22H25N3O8/c1-32-21(28)18(11-16-9-5-6-10-19(16)25(30)31)24-20(27)12-17(26)13-23-22(29)33-14-15-7-3-2-4-8-15/h2-10,17-18,26H,11-14H2,1H3,(H,23,29)(H,24,27)/t17-,18+/m1/s1. The zero-order valence-corrected chi connectivity index (χ0v) is 17.9. The summed E-state index contributed by atoms with van der Waals surface area (Å²) in [5.74, 6) is -1.49. The van der Waals surface area contributed by atoms with Crippen LogP contribution in [0, 0.1) is 10.1 Å². The van der Waals surface area contributed by atoms with E-state index in [4.69, 9.17) is 4.74 Å². The van der Waals surface area contributed by atoms with Crippen molar-refractivity contribution in [3.63, 3.8) is 0 Å². The van der Waals surface area contributed by atoms with Gasteiger partial charge >= 0.3 is 12.1 Å². The molecular formula is C22H25N3O8. The van der Waals surface area contributed by atoms with Gasteiger partial charge in [0.2, 0.25) is 5.91 Å². The first-order chi connectivity index (χ1) is 15.8. The van der Waals surface area contributed by atoms with Gasteiger partial charge in [0.05, 0.1) is 24.6 Å². The lowest BCUT2D eigenvalue weighted by molar-refractivity contribution is -0.385. The molecule has 11 nitrogen and oxygen atoms in total. The Morgan fingerprint density at radius 1 is 1.09 bits per heavy atom. The number of carbonyl (C=O) groups excluding carboxylic acids is 3. The van der Waals surface area contributed by atoms with Crippen molar-refractivity contribution in [2.75, 3.05) is 13.7 Å². The number of aliphatic hydroxyl groups excluding tert-OH is 1. The number of amides is 2. The summed E-state index contributed by atoms with van der Waals surface area (Å²) in [7, 11) is 1.13. The summed E-state index contributed by atoms with van der Waals surface area (Å²) in [5, 5.41) is 26.0. The van der Waals surface area contributed by atoms with E-state index >= 15 is 0 Å². The number of benzene rings is 2. The van der Waals surface area contributed by atoms with Crippen LogP contribution in [0.1, 0.15) is 17.5 Å². The third-order valence-corrected chi connectivity index (χ3v) is 4.55. The minimum atomic E-state index is -1.25. The number of para-hydroxylation sites is 1. The second-order valence-electron chi connectivity index (χ2n) is 7.03. The van der Waals surface area contributed by atoms with Crippen molar-refractivity contribution in [3.8, 4) is 0 Å². The molecule has 0 spiro atoms. The van der Waals surface area contributed by atoms with Crippen LogP contribution in [0.3, 0.4) is 0 Å². The largest absolute Gasteiger partial charge is 0.467 e. The van der Waals surface area contributed by atoms with Crippen molar-refractivity contribution < 1.29 is 33.9 Å². The lowest BCUT2D eigenvalue weighted by Crippen LogP contribution is -2.45. The van der Waals surface area contributed by atoms with Gasteiger partial charge in [-0.2, -0.15) is 0 Å². The highest BCUT2D eigenvalue weighted by Gasteiger charge is 2.26. The number of carbonyl (C=O) groups is 3. The molecule has 0 bridgehead atoms. The molecule has 0 aliphatic heterocycles. The molecule has 0 fully saturated rings. The average Bonchev–Trinajstić information content (AvgIpc) is 2.81. The number of hydrogen-bond acceptors (Lipinski definition) is 8. The van der Waals surface area contributed by atoms with Crippen molar-refractivity contribution >= 4 is 23.7 Å². The van der Waals surface area contributed by atoms with E-state index in [0.29, 0.717) is 0 Å². The summed E-state index contributed by atoms with van der Waals surface area (Å²) < 4.78 is 9.69. The number of hydrogen-bond donors (Lipinski definition) is 3. The molecule has 11 heteroatoms. The molecule has 0 saturated carbocycles. The predicted molar refractivity (Wildman–Crippen MR) is 116 cm³/mol. The zero-order valence-electron chi connectivity index (χ0n) is 17.9. The van der Waals surface area contributed by atoms with Crippen LogP contribution in [0.25, 0.3) is 0 Å². The lowest BCUT2D eigenvalue weighted by atomic mass is 10.0. The smallest absolute Gasteiger partial charge is 0.407 e. The molecule has 0 heterocycles. The molecule has 176 valence electrons. The van der Waals surface area contributed by atoms with Gasteiger partial charge in [-0.05, 0) is 5.56 Å². The fourth-order valence-corrected chi connectivity index (χ4v) is 2.93. The fraction of sp³-hybridized carbons (Fsp3) is 0.318. The molecule has 3 N–H and O–H groups in total. The van der Waals surface area contributed by atoms with Crippen molar-refractivity contribution in [1.82, 2.24) is 10.6 Å². The van der Waals surface area contributed by atoms with Gasteiger partial charge in [-0.15, -0.1) is 0 Å². The van der Waals surface area contributed by atoms with Crippen LogP contribution in [0.15, 0.2) is 54.6 Å². The minimum Gasteiger partial charge on any atom is -0.467 e. The topological polar surface area (TPSA) is 157 Å². The second kappa shape index (κ2) is 12.8. The summed E-state index contributed by atoms with van der Waals surface area (Å²) in [6, 6.07) is 13.6. The molecule has 0 radical (unpaired) electrons. The molecule has 33 heavy (non-hydrogen) atoms. The zero-order chi connectivity index (χ0) is 24.2. The van der Waals surface area contributed by atoms with E-state index in [1.807, 2.05) is 6.07 Å². The van der Waals surface area contributed by atoms with Crippen LogP contribution < -0.4 is 10.6 Å². The molecular weight excluding hydrogens is 434 g/mol. The van der Waals surface area contributed by atoms with Crippen LogP contribution in [0.2, 0.25) is 0 Å². The first kappa shape index (κ1) is 25.3. The molecule has 0 saturated heterocycles. The number of nitro benzene ring substituents is 1. The van der Waals surface area contributed by atoms with Gasteiger partial charge < -0.3 is 25.2 Å². The molecule has 2 atom stereocenters. The lowest BCUT2D eigenvalue weighted by Gasteiger charge is -2.18. The van der Waals surface area contributed by atoms with E-state index in [1.165, 1.54) is 18.2 Å². The Bertz CT molecular complexity index is 967. The molecule has 2 amide bonds. The van der Waals surface area contributed by atoms with Crippen LogP contribution in [0.5, 0.6) is 0 Å². The average molecular weight is 459 g/mol. The number of nitrogens with zero attached hydrogens (tertiary/aromatic N) is 1. The summed E-state index contributed by atoms with van der Waals surface area (Å²) in [5.41, 5.74) is 0.834. The number of alkyl carbamates (subject to hydrolysis) is 1. The number of nitrogens with one attached hydrogen (secondary N) is 2. The first-order valence-corrected chi connectivity index (χ1v) is 10.0. The maximum Gasteiger partial charge on any atom is 0.407 e. The Hall–Kier alpha value is -3.99. The molecule has 0 aliphatic carbocycles. The summed E-state index contributed by atoms with van der Waals surface area (Å²) in [6.45, 7) is -0.205. The van der Waals surface area contributed by atoms with Crippen LogP contribution in [-0.2, 0) is 32.1 Å². The van der Waals surface area contributed by atoms with Gasteiger partial charge in [-0.3, -0.25) is 14.9 Å². The summed E-state index contributed by atoms with van der Waals surface area (Å²) in [4.78, 5) is 46.7. The van der Waals surface area contributed by atoms with E-state index < -0.39 is 41.5 Å². The quantitative estimate of drug-likeness (QED) is 0.259.